The number of nitrogens with one attached hydrogen (secondary N) is 2. The topological polar surface area (TPSA) is 49.8 Å². The standard InChI is InChI=1S/C12H14N4/c1-9-8-14-12(13-2)16-11(9)15-10-6-4-3-5-7-10/h3-8H,1-2H3,(H2,13,14,15,16). The molecule has 0 radical (unpaired) electrons. The van der Waals surface area contributed by atoms with E-state index in [1.807, 2.05) is 37.3 Å². The fraction of sp³-hybridized carbons (Fsp3) is 0.167. The average molecular weight is 214 g/mol. The molecule has 0 fully saturated rings. The van der Waals surface area contributed by atoms with E-state index in [0.29, 0.717) is 5.95 Å². The molecule has 0 saturated heterocycles. The molecule has 16 heavy (non-hydrogen) atoms. The molecular formula is C12H14N4. The van der Waals surface area contributed by atoms with E-state index in [4.69, 9.17) is 0 Å². The van der Waals surface area contributed by atoms with Crippen LogP contribution in [0, 0.1) is 6.92 Å². The lowest BCUT2D eigenvalue weighted by Crippen LogP contribution is -2.02. The molecule has 2 N–H and O–H groups in total. The summed E-state index contributed by atoms with van der Waals surface area (Å²) in [5, 5.41) is 6.17. The Morgan fingerprint density at radius 1 is 1.12 bits per heavy atom. The van der Waals surface area contributed by atoms with Crippen molar-refractivity contribution in [2.75, 3.05) is 17.7 Å². The molecule has 0 aliphatic rings. The van der Waals surface area contributed by atoms with Crippen LogP contribution < -0.4 is 10.6 Å². The highest BCUT2D eigenvalue weighted by molar-refractivity contribution is 5.59. The number of hydrogen-bond donors (Lipinski definition) is 2. The maximum absolute atomic E-state index is 4.35. The highest BCUT2D eigenvalue weighted by Crippen LogP contribution is 2.18. The number of rotatable bonds is 3. The van der Waals surface area contributed by atoms with Crippen LogP contribution in [0.2, 0.25) is 0 Å². The summed E-state index contributed by atoms with van der Waals surface area (Å²) in [6.45, 7) is 1.98. The van der Waals surface area contributed by atoms with Crippen molar-refractivity contribution in [3.05, 3.63) is 42.1 Å². The lowest BCUT2D eigenvalue weighted by molar-refractivity contribution is 1.12. The molecule has 0 aliphatic heterocycles. The number of anilines is 3. The van der Waals surface area contributed by atoms with E-state index >= 15 is 0 Å². The fourth-order valence-corrected chi connectivity index (χ4v) is 1.35. The predicted molar refractivity (Wildman–Crippen MR) is 66.0 cm³/mol. The summed E-state index contributed by atoms with van der Waals surface area (Å²) in [4.78, 5) is 8.49. The van der Waals surface area contributed by atoms with E-state index in [1.54, 1.807) is 13.2 Å². The minimum absolute atomic E-state index is 0.615. The maximum atomic E-state index is 4.35. The van der Waals surface area contributed by atoms with Crippen molar-refractivity contribution in [1.82, 2.24) is 9.97 Å². The Hall–Kier alpha value is -2.10. The largest absolute Gasteiger partial charge is 0.357 e. The second-order valence-electron chi connectivity index (χ2n) is 3.47. The first-order valence-corrected chi connectivity index (χ1v) is 5.13. The summed E-state index contributed by atoms with van der Waals surface area (Å²) in [5.74, 6) is 1.44. The molecular weight excluding hydrogens is 200 g/mol. The van der Waals surface area contributed by atoms with E-state index < -0.39 is 0 Å². The first-order chi connectivity index (χ1) is 7.79. The molecule has 1 aromatic heterocycles. The highest BCUT2D eigenvalue weighted by Gasteiger charge is 2.02. The molecule has 0 bridgehead atoms. The van der Waals surface area contributed by atoms with Crippen LogP contribution in [0.1, 0.15) is 5.56 Å². The van der Waals surface area contributed by atoms with E-state index in [9.17, 15) is 0 Å². The Kier molecular flexibility index (Phi) is 3.00. The number of para-hydroxylation sites is 1. The third-order valence-corrected chi connectivity index (χ3v) is 2.23. The van der Waals surface area contributed by atoms with E-state index in [-0.39, 0.29) is 0 Å². The predicted octanol–water partition coefficient (Wildman–Crippen LogP) is 2.57. The van der Waals surface area contributed by atoms with Crippen LogP contribution in [0.15, 0.2) is 36.5 Å². The summed E-state index contributed by atoms with van der Waals surface area (Å²) in [5.41, 5.74) is 2.04. The SMILES string of the molecule is CNc1ncc(C)c(Nc2ccccc2)n1. The molecule has 2 aromatic rings. The molecule has 0 atom stereocenters. The van der Waals surface area contributed by atoms with E-state index in [1.165, 1.54) is 0 Å². The Bertz CT molecular complexity index is 468. The van der Waals surface area contributed by atoms with Crippen LogP contribution in [0.5, 0.6) is 0 Å². The second kappa shape index (κ2) is 4.61. The molecule has 4 nitrogen and oxygen atoms in total. The Balaban J connectivity index is 2.27. The van der Waals surface area contributed by atoms with Gasteiger partial charge in [-0.2, -0.15) is 4.98 Å². The number of aryl methyl sites for hydroxylation is 1. The van der Waals surface area contributed by atoms with Gasteiger partial charge in [0.25, 0.3) is 0 Å². The van der Waals surface area contributed by atoms with Gasteiger partial charge in [-0.05, 0) is 19.1 Å². The molecule has 0 amide bonds. The van der Waals surface area contributed by atoms with Gasteiger partial charge in [-0.15, -0.1) is 0 Å². The van der Waals surface area contributed by atoms with E-state index in [2.05, 4.69) is 20.6 Å². The van der Waals surface area contributed by atoms with Crippen LogP contribution in [-0.2, 0) is 0 Å². The smallest absolute Gasteiger partial charge is 0.224 e. The Morgan fingerprint density at radius 3 is 2.56 bits per heavy atom. The number of hydrogen-bond acceptors (Lipinski definition) is 4. The van der Waals surface area contributed by atoms with Crippen molar-refractivity contribution in [2.45, 2.75) is 6.92 Å². The molecule has 82 valence electrons. The van der Waals surface area contributed by atoms with Gasteiger partial charge in [0.1, 0.15) is 5.82 Å². The molecule has 1 aromatic carbocycles. The molecule has 0 spiro atoms. The number of aromatic nitrogens is 2. The quantitative estimate of drug-likeness (QED) is 0.824. The lowest BCUT2D eigenvalue weighted by atomic mass is 10.3. The van der Waals surface area contributed by atoms with Gasteiger partial charge in [0.05, 0.1) is 0 Å². The Labute approximate surface area is 94.8 Å². The van der Waals surface area contributed by atoms with Gasteiger partial charge in [-0.1, -0.05) is 18.2 Å². The van der Waals surface area contributed by atoms with Gasteiger partial charge >= 0.3 is 0 Å². The zero-order valence-corrected chi connectivity index (χ0v) is 9.36. The number of nitrogens with zero attached hydrogens (tertiary/aromatic N) is 2. The molecule has 0 saturated carbocycles. The van der Waals surface area contributed by atoms with Crippen molar-refractivity contribution >= 4 is 17.5 Å². The maximum Gasteiger partial charge on any atom is 0.224 e. The van der Waals surface area contributed by atoms with Crippen LogP contribution >= 0.6 is 0 Å². The first-order valence-electron chi connectivity index (χ1n) is 5.13. The lowest BCUT2D eigenvalue weighted by Gasteiger charge is -2.09. The summed E-state index contributed by atoms with van der Waals surface area (Å²) < 4.78 is 0. The van der Waals surface area contributed by atoms with Crippen LogP contribution in [0.25, 0.3) is 0 Å². The molecule has 0 unspecified atom stereocenters. The molecule has 2 rings (SSSR count). The minimum Gasteiger partial charge on any atom is -0.357 e. The normalized spacial score (nSPS) is 9.88. The van der Waals surface area contributed by atoms with Gasteiger partial charge in [0, 0.05) is 24.5 Å². The fourth-order valence-electron chi connectivity index (χ4n) is 1.35. The Morgan fingerprint density at radius 2 is 1.88 bits per heavy atom. The third-order valence-electron chi connectivity index (χ3n) is 2.23. The molecule has 1 heterocycles. The summed E-state index contributed by atoms with van der Waals surface area (Å²) in [7, 11) is 1.80. The van der Waals surface area contributed by atoms with Crippen LogP contribution in [-0.4, -0.2) is 17.0 Å². The average Bonchev–Trinajstić information content (AvgIpc) is 2.33. The summed E-state index contributed by atoms with van der Waals surface area (Å²) in [6, 6.07) is 9.95. The first kappa shape index (κ1) is 10.4. The highest BCUT2D eigenvalue weighted by atomic mass is 15.1. The molecule has 4 heteroatoms. The zero-order chi connectivity index (χ0) is 11.4. The van der Waals surface area contributed by atoms with Crippen LogP contribution in [0.3, 0.4) is 0 Å². The van der Waals surface area contributed by atoms with Crippen molar-refractivity contribution < 1.29 is 0 Å². The number of benzene rings is 1. The van der Waals surface area contributed by atoms with Gasteiger partial charge in [-0.3, -0.25) is 0 Å². The van der Waals surface area contributed by atoms with Gasteiger partial charge in [0.15, 0.2) is 0 Å². The zero-order valence-electron chi connectivity index (χ0n) is 9.36. The monoisotopic (exact) mass is 214 g/mol. The van der Waals surface area contributed by atoms with Crippen molar-refractivity contribution in [3.63, 3.8) is 0 Å². The van der Waals surface area contributed by atoms with E-state index in [0.717, 1.165) is 17.1 Å². The molecule has 0 aliphatic carbocycles. The van der Waals surface area contributed by atoms with Crippen molar-refractivity contribution in [3.8, 4) is 0 Å². The summed E-state index contributed by atoms with van der Waals surface area (Å²) >= 11 is 0. The summed E-state index contributed by atoms with van der Waals surface area (Å²) in [6.07, 6.45) is 1.80. The van der Waals surface area contributed by atoms with Crippen LogP contribution in [0.4, 0.5) is 17.5 Å². The van der Waals surface area contributed by atoms with Crippen molar-refractivity contribution in [1.29, 1.82) is 0 Å². The third kappa shape index (κ3) is 2.28. The van der Waals surface area contributed by atoms with Gasteiger partial charge in [0.2, 0.25) is 5.95 Å². The minimum atomic E-state index is 0.615. The van der Waals surface area contributed by atoms with Crippen molar-refractivity contribution in [2.24, 2.45) is 0 Å². The van der Waals surface area contributed by atoms with Gasteiger partial charge < -0.3 is 10.6 Å². The second-order valence-corrected chi connectivity index (χ2v) is 3.47. The van der Waals surface area contributed by atoms with Gasteiger partial charge in [-0.25, -0.2) is 4.98 Å².